The third-order valence-corrected chi connectivity index (χ3v) is 4.26. The molecule has 0 radical (unpaired) electrons. The van der Waals surface area contributed by atoms with E-state index in [9.17, 15) is 4.79 Å². The van der Waals surface area contributed by atoms with Crippen molar-refractivity contribution < 1.29 is 9.32 Å². The molecule has 3 aromatic heterocycles. The van der Waals surface area contributed by atoms with E-state index in [0.717, 1.165) is 29.9 Å². The van der Waals surface area contributed by atoms with Crippen LogP contribution < -0.4 is 11.1 Å². The monoisotopic (exact) mass is 342 g/mol. The number of imidazole rings is 1. The zero-order chi connectivity index (χ0) is 18.0. The highest BCUT2D eigenvalue weighted by Gasteiger charge is 2.13. The SMILES string of the molecule is CCn1c(N)nc2cc(C(=O)NCCCc3c(C)noc3C)cnc21. The van der Waals surface area contributed by atoms with Gasteiger partial charge in [0.2, 0.25) is 5.95 Å². The zero-order valence-corrected chi connectivity index (χ0v) is 14.7. The number of nitrogens with two attached hydrogens (primary N) is 1. The summed E-state index contributed by atoms with van der Waals surface area (Å²) in [6.45, 7) is 7.04. The molecule has 132 valence electrons. The third kappa shape index (κ3) is 3.33. The lowest BCUT2D eigenvalue weighted by molar-refractivity contribution is 0.0953. The van der Waals surface area contributed by atoms with E-state index in [-0.39, 0.29) is 5.91 Å². The molecule has 3 aromatic rings. The molecule has 0 unspecified atom stereocenters. The van der Waals surface area contributed by atoms with Gasteiger partial charge in [0.15, 0.2) is 5.65 Å². The Bertz CT molecular complexity index is 892. The molecule has 0 aliphatic heterocycles. The lowest BCUT2D eigenvalue weighted by atomic mass is 10.1. The number of nitrogens with one attached hydrogen (secondary N) is 1. The lowest BCUT2D eigenvalue weighted by Crippen LogP contribution is -2.25. The van der Waals surface area contributed by atoms with Crippen LogP contribution in [0.25, 0.3) is 11.2 Å². The Labute approximate surface area is 145 Å². The summed E-state index contributed by atoms with van der Waals surface area (Å²) < 4.78 is 6.95. The molecule has 8 heteroatoms. The summed E-state index contributed by atoms with van der Waals surface area (Å²) in [5.41, 5.74) is 9.67. The topological polar surface area (TPSA) is 112 Å². The first kappa shape index (κ1) is 16.9. The average molecular weight is 342 g/mol. The Kier molecular flexibility index (Phi) is 4.69. The fourth-order valence-corrected chi connectivity index (χ4v) is 2.89. The molecule has 0 saturated carbocycles. The number of rotatable bonds is 6. The summed E-state index contributed by atoms with van der Waals surface area (Å²) in [7, 11) is 0. The van der Waals surface area contributed by atoms with Crippen molar-refractivity contribution in [3.05, 3.63) is 34.8 Å². The fourth-order valence-electron chi connectivity index (χ4n) is 2.89. The van der Waals surface area contributed by atoms with Gasteiger partial charge in [-0.3, -0.25) is 9.36 Å². The van der Waals surface area contributed by atoms with E-state index in [4.69, 9.17) is 10.3 Å². The van der Waals surface area contributed by atoms with Crippen molar-refractivity contribution >= 4 is 23.0 Å². The Balaban J connectivity index is 1.60. The normalized spacial score (nSPS) is 11.2. The second-order valence-electron chi connectivity index (χ2n) is 5.94. The number of nitrogens with zero attached hydrogens (tertiary/aromatic N) is 4. The van der Waals surface area contributed by atoms with Crippen LogP contribution in [-0.2, 0) is 13.0 Å². The molecule has 0 fully saturated rings. The van der Waals surface area contributed by atoms with Gasteiger partial charge < -0.3 is 15.6 Å². The van der Waals surface area contributed by atoms with Crippen molar-refractivity contribution in [1.82, 2.24) is 25.0 Å². The van der Waals surface area contributed by atoms with E-state index in [1.165, 1.54) is 0 Å². The van der Waals surface area contributed by atoms with Gasteiger partial charge in [-0.2, -0.15) is 0 Å². The van der Waals surface area contributed by atoms with Crippen molar-refractivity contribution in [2.45, 2.75) is 40.2 Å². The molecule has 0 atom stereocenters. The predicted octanol–water partition coefficient (Wildman–Crippen LogP) is 2.00. The van der Waals surface area contributed by atoms with Gasteiger partial charge in [0, 0.05) is 24.8 Å². The zero-order valence-electron chi connectivity index (χ0n) is 14.7. The minimum Gasteiger partial charge on any atom is -0.369 e. The first-order valence-corrected chi connectivity index (χ1v) is 8.33. The van der Waals surface area contributed by atoms with Gasteiger partial charge in [-0.1, -0.05) is 5.16 Å². The van der Waals surface area contributed by atoms with Gasteiger partial charge in [0.25, 0.3) is 5.91 Å². The van der Waals surface area contributed by atoms with Gasteiger partial charge in [-0.05, 0) is 39.7 Å². The molecule has 3 rings (SSSR count). The highest BCUT2D eigenvalue weighted by Crippen LogP contribution is 2.17. The molecule has 0 bridgehead atoms. The van der Waals surface area contributed by atoms with Crippen LogP contribution in [0.5, 0.6) is 0 Å². The maximum Gasteiger partial charge on any atom is 0.252 e. The molecular weight excluding hydrogens is 320 g/mol. The van der Waals surface area contributed by atoms with E-state index < -0.39 is 0 Å². The maximum atomic E-state index is 12.3. The van der Waals surface area contributed by atoms with Gasteiger partial charge in [0.1, 0.15) is 11.3 Å². The fraction of sp³-hybridized carbons (Fsp3) is 0.412. The predicted molar refractivity (Wildman–Crippen MR) is 94.2 cm³/mol. The summed E-state index contributed by atoms with van der Waals surface area (Å²) in [6, 6.07) is 1.72. The second-order valence-corrected chi connectivity index (χ2v) is 5.94. The van der Waals surface area contributed by atoms with Crippen molar-refractivity contribution in [3.8, 4) is 0 Å². The minimum atomic E-state index is -0.169. The summed E-state index contributed by atoms with van der Waals surface area (Å²) in [5, 5.41) is 6.84. The number of carbonyl (C=O) groups excluding carboxylic acids is 1. The minimum absolute atomic E-state index is 0.169. The van der Waals surface area contributed by atoms with Gasteiger partial charge in [-0.15, -0.1) is 0 Å². The first-order valence-electron chi connectivity index (χ1n) is 8.33. The number of hydrogen-bond acceptors (Lipinski definition) is 6. The smallest absolute Gasteiger partial charge is 0.252 e. The molecule has 0 aliphatic rings. The average Bonchev–Trinajstić information content (AvgIpc) is 3.09. The summed E-state index contributed by atoms with van der Waals surface area (Å²) >= 11 is 0. The van der Waals surface area contributed by atoms with Gasteiger partial charge in [0.05, 0.1) is 11.3 Å². The number of pyridine rings is 1. The Morgan fingerprint density at radius 3 is 2.88 bits per heavy atom. The molecule has 0 aliphatic carbocycles. The van der Waals surface area contributed by atoms with Crippen molar-refractivity contribution in [3.63, 3.8) is 0 Å². The van der Waals surface area contributed by atoms with Crippen LogP contribution >= 0.6 is 0 Å². The molecule has 1 amide bonds. The number of hydrogen-bond donors (Lipinski definition) is 2. The van der Waals surface area contributed by atoms with E-state index in [1.807, 2.05) is 20.8 Å². The Morgan fingerprint density at radius 1 is 1.40 bits per heavy atom. The van der Waals surface area contributed by atoms with Crippen LogP contribution in [-0.4, -0.2) is 32.1 Å². The molecule has 0 aromatic carbocycles. The van der Waals surface area contributed by atoms with Crippen LogP contribution in [0.2, 0.25) is 0 Å². The van der Waals surface area contributed by atoms with Crippen LogP contribution in [0.3, 0.4) is 0 Å². The molecule has 8 nitrogen and oxygen atoms in total. The number of amides is 1. The van der Waals surface area contributed by atoms with Crippen molar-refractivity contribution in [1.29, 1.82) is 0 Å². The molecule has 0 spiro atoms. The van der Waals surface area contributed by atoms with E-state index in [0.29, 0.717) is 35.8 Å². The first-order chi connectivity index (χ1) is 12.0. The Hall–Kier alpha value is -2.90. The second kappa shape index (κ2) is 6.92. The quantitative estimate of drug-likeness (QED) is 0.663. The summed E-state index contributed by atoms with van der Waals surface area (Å²) in [6.07, 6.45) is 3.18. The van der Waals surface area contributed by atoms with Gasteiger partial charge >= 0.3 is 0 Å². The van der Waals surface area contributed by atoms with E-state index in [1.54, 1.807) is 16.8 Å². The molecule has 3 heterocycles. The number of fused-ring (bicyclic) bond motifs is 1. The van der Waals surface area contributed by atoms with Crippen molar-refractivity contribution in [2.24, 2.45) is 0 Å². The van der Waals surface area contributed by atoms with Crippen LogP contribution in [0.4, 0.5) is 5.95 Å². The molecular formula is C17H22N6O2. The summed E-state index contributed by atoms with van der Waals surface area (Å²) in [5.74, 6) is 1.07. The third-order valence-electron chi connectivity index (χ3n) is 4.26. The number of carbonyl (C=O) groups is 1. The number of nitrogen functional groups attached to an aromatic ring is 1. The number of aryl methyl sites for hydroxylation is 3. The largest absolute Gasteiger partial charge is 0.369 e. The maximum absolute atomic E-state index is 12.3. The Morgan fingerprint density at radius 2 is 2.20 bits per heavy atom. The lowest BCUT2D eigenvalue weighted by Gasteiger charge is -2.05. The van der Waals surface area contributed by atoms with Crippen molar-refractivity contribution in [2.75, 3.05) is 12.3 Å². The molecule has 0 saturated heterocycles. The van der Waals surface area contributed by atoms with Crippen LogP contribution in [0.15, 0.2) is 16.8 Å². The highest BCUT2D eigenvalue weighted by atomic mass is 16.5. The van der Waals surface area contributed by atoms with Crippen LogP contribution in [0.1, 0.15) is 40.7 Å². The number of anilines is 1. The standard InChI is InChI=1S/C17H22N6O2/c1-4-23-15-14(21-17(23)18)8-12(9-20-15)16(24)19-7-5-6-13-10(2)22-25-11(13)3/h8-9H,4-7H2,1-3H3,(H2,18,21)(H,19,24). The van der Waals surface area contributed by atoms with E-state index in [2.05, 4.69) is 20.4 Å². The highest BCUT2D eigenvalue weighted by molar-refractivity contribution is 5.96. The number of aromatic nitrogens is 4. The summed E-state index contributed by atoms with van der Waals surface area (Å²) in [4.78, 5) is 20.9. The van der Waals surface area contributed by atoms with Gasteiger partial charge in [-0.25, -0.2) is 9.97 Å². The molecule has 3 N–H and O–H groups in total. The van der Waals surface area contributed by atoms with Crippen LogP contribution in [0, 0.1) is 13.8 Å². The van der Waals surface area contributed by atoms with E-state index >= 15 is 0 Å². The molecule has 25 heavy (non-hydrogen) atoms.